The first-order chi connectivity index (χ1) is 25.4. The maximum absolute atomic E-state index is 13.0. The standard InChI is InChI=1S/C39H42N8O5/c1-45(29-10-11-29)21-4-5-35(48)46-22-18-28(25-46)42-37-36-33(17-20-41-38(36)47(44-37)24-26-6-12-30(50-2)13-7-26)52-31-14-8-27(9-15-31)39(49)43-34-23-32(51-3)16-19-40-34/h4-9,12-17,19-20,23,28-29H,10-11,18,21-22,24-25H2,1-3H3,(H,42,44)(H,40,43,49). The van der Waals surface area contributed by atoms with Crippen molar-refractivity contribution in [3.8, 4) is 23.0 Å². The molecule has 2 aromatic carbocycles. The summed E-state index contributed by atoms with van der Waals surface area (Å²) in [5.74, 6) is 3.18. The Bertz CT molecular complexity index is 2060. The van der Waals surface area contributed by atoms with E-state index in [2.05, 4.69) is 27.6 Å². The molecule has 0 spiro atoms. The van der Waals surface area contributed by atoms with Gasteiger partial charge in [0, 0.05) is 67.9 Å². The Morgan fingerprint density at radius 3 is 2.42 bits per heavy atom. The second kappa shape index (κ2) is 15.5. The maximum Gasteiger partial charge on any atom is 0.256 e. The van der Waals surface area contributed by atoms with Crippen molar-refractivity contribution in [1.29, 1.82) is 0 Å². The number of hydrogen-bond donors (Lipinski definition) is 2. The van der Waals surface area contributed by atoms with Crippen LogP contribution in [0.15, 0.2) is 91.3 Å². The summed E-state index contributed by atoms with van der Waals surface area (Å²) in [6.07, 6.45) is 10.2. The maximum atomic E-state index is 13.0. The number of fused-ring (bicyclic) bond motifs is 1. The van der Waals surface area contributed by atoms with Gasteiger partial charge in [-0.3, -0.25) is 14.5 Å². The number of carbonyl (C=O) groups is 2. The number of aromatic nitrogens is 4. The molecule has 1 atom stereocenters. The lowest BCUT2D eigenvalue weighted by molar-refractivity contribution is -0.125. The number of rotatable bonds is 14. The Kier molecular flexibility index (Phi) is 10.3. The number of amides is 2. The molecule has 5 aromatic rings. The minimum atomic E-state index is -0.310. The average molecular weight is 703 g/mol. The highest BCUT2D eigenvalue weighted by atomic mass is 16.5. The normalized spacial score (nSPS) is 15.7. The van der Waals surface area contributed by atoms with Crippen LogP contribution in [0, 0.1) is 0 Å². The second-order valence-corrected chi connectivity index (χ2v) is 13.0. The van der Waals surface area contributed by atoms with Crippen LogP contribution in [-0.2, 0) is 11.3 Å². The summed E-state index contributed by atoms with van der Waals surface area (Å²) >= 11 is 0. The van der Waals surface area contributed by atoms with E-state index < -0.39 is 0 Å². The molecule has 2 aliphatic rings. The lowest BCUT2D eigenvalue weighted by Crippen LogP contribution is -2.30. The van der Waals surface area contributed by atoms with Crippen LogP contribution >= 0.6 is 0 Å². The van der Waals surface area contributed by atoms with Gasteiger partial charge < -0.3 is 29.7 Å². The zero-order valence-corrected chi connectivity index (χ0v) is 29.5. The first-order valence-electron chi connectivity index (χ1n) is 17.4. The van der Waals surface area contributed by atoms with Crippen LogP contribution in [0.3, 0.4) is 0 Å². The molecule has 7 rings (SSSR count). The third-order valence-corrected chi connectivity index (χ3v) is 9.30. The molecule has 13 heteroatoms. The van der Waals surface area contributed by atoms with Crippen molar-refractivity contribution in [2.45, 2.75) is 37.9 Å². The Morgan fingerprint density at radius 1 is 0.923 bits per heavy atom. The van der Waals surface area contributed by atoms with E-state index in [9.17, 15) is 9.59 Å². The summed E-state index contributed by atoms with van der Waals surface area (Å²) < 4.78 is 18.8. The number of nitrogens with one attached hydrogen (secondary N) is 2. The molecule has 1 saturated carbocycles. The number of hydrogen-bond acceptors (Lipinski definition) is 10. The molecule has 13 nitrogen and oxygen atoms in total. The monoisotopic (exact) mass is 702 g/mol. The molecule has 0 bridgehead atoms. The number of ether oxygens (including phenoxy) is 3. The van der Waals surface area contributed by atoms with E-state index in [4.69, 9.17) is 24.3 Å². The van der Waals surface area contributed by atoms with Crippen molar-refractivity contribution in [3.63, 3.8) is 0 Å². The van der Waals surface area contributed by atoms with Crippen molar-refractivity contribution >= 4 is 34.5 Å². The summed E-state index contributed by atoms with van der Waals surface area (Å²) in [4.78, 5) is 39.0. The number of methoxy groups -OCH3 is 2. The Balaban J connectivity index is 1.10. The zero-order valence-electron chi connectivity index (χ0n) is 29.5. The fraction of sp³-hybridized carbons (Fsp3) is 0.308. The van der Waals surface area contributed by atoms with Gasteiger partial charge in [-0.2, -0.15) is 5.10 Å². The smallest absolute Gasteiger partial charge is 0.256 e. The van der Waals surface area contributed by atoms with Gasteiger partial charge in [-0.15, -0.1) is 0 Å². The van der Waals surface area contributed by atoms with Crippen molar-refractivity contribution in [3.05, 3.63) is 102 Å². The van der Waals surface area contributed by atoms with Gasteiger partial charge in [0.1, 0.15) is 34.2 Å². The predicted octanol–water partition coefficient (Wildman–Crippen LogP) is 5.60. The molecule has 52 heavy (non-hydrogen) atoms. The first-order valence-corrected chi connectivity index (χ1v) is 17.4. The van der Waals surface area contributed by atoms with Crippen molar-refractivity contribution in [2.75, 3.05) is 51.5 Å². The molecular weight excluding hydrogens is 660 g/mol. The molecule has 2 N–H and O–H groups in total. The summed E-state index contributed by atoms with van der Waals surface area (Å²) in [5.41, 5.74) is 2.11. The molecule has 1 unspecified atom stereocenters. The molecule has 2 fully saturated rings. The van der Waals surface area contributed by atoms with Crippen LogP contribution in [-0.4, -0.2) is 94.3 Å². The summed E-state index contributed by atoms with van der Waals surface area (Å²) in [7, 11) is 5.30. The van der Waals surface area contributed by atoms with Crippen LogP contribution in [0.4, 0.5) is 11.6 Å². The van der Waals surface area contributed by atoms with Gasteiger partial charge in [-0.25, -0.2) is 14.6 Å². The molecule has 2 amide bonds. The Labute approximate surface area is 302 Å². The van der Waals surface area contributed by atoms with Gasteiger partial charge in [0.15, 0.2) is 11.5 Å². The van der Waals surface area contributed by atoms with Crippen molar-refractivity contribution < 1.29 is 23.8 Å². The average Bonchev–Trinajstić information content (AvgIpc) is 3.83. The minimum absolute atomic E-state index is 0.0102. The van der Waals surface area contributed by atoms with E-state index in [1.54, 1.807) is 75.2 Å². The Hall–Kier alpha value is -5.95. The van der Waals surface area contributed by atoms with Gasteiger partial charge >= 0.3 is 0 Å². The van der Waals surface area contributed by atoms with Crippen molar-refractivity contribution in [2.24, 2.45) is 0 Å². The number of likely N-dealkylation sites (N-methyl/N-ethyl adjacent to an activating group) is 1. The van der Waals surface area contributed by atoms with Gasteiger partial charge in [0.25, 0.3) is 5.91 Å². The number of likely N-dealkylation sites (tertiary alicyclic amines) is 1. The van der Waals surface area contributed by atoms with Gasteiger partial charge in [-0.1, -0.05) is 18.2 Å². The molecule has 1 aliphatic heterocycles. The third kappa shape index (κ3) is 8.16. The highest BCUT2D eigenvalue weighted by molar-refractivity contribution is 6.04. The second-order valence-electron chi connectivity index (χ2n) is 13.0. The lowest BCUT2D eigenvalue weighted by atomic mass is 10.2. The molecule has 268 valence electrons. The summed E-state index contributed by atoms with van der Waals surface area (Å²) in [5, 5.41) is 12.1. The molecule has 4 heterocycles. The molecular formula is C39H42N8O5. The van der Waals surface area contributed by atoms with Crippen LogP contribution in [0.5, 0.6) is 23.0 Å². The van der Waals surface area contributed by atoms with Crippen LogP contribution < -0.4 is 24.8 Å². The molecule has 0 radical (unpaired) electrons. The van der Waals surface area contributed by atoms with Crippen LogP contribution in [0.25, 0.3) is 11.0 Å². The highest BCUT2D eigenvalue weighted by Crippen LogP contribution is 2.35. The predicted molar refractivity (Wildman–Crippen MR) is 198 cm³/mol. The minimum Gasteiger partial charge on any atom is -0.497 e. The number of nitrogens with zero attached hydrogens (tertiary/aromatic N) is 6. The Morgan fingerprint density at radius 2 is 1.67 bits per heavy atom. The van der Waals surface area contributed by atoms with E-state index in [1.807, 2.05) is 39.9 Å². The van der Waals surface area contributed by atoms with Gasteiger partial charge in [-0.05, 0) is 74.3 Å². The van der Waals surface area contributed by atoms with Gasteiger partial charge in [0.05, 0.1) is 20.8 Å². The van der Waals surface area contributed by atoms with E-state index in [0.29, 0.717) is 65.8 Å². The van der Waals surface area contributed by atoms with Crippen LogP contribution in [0.2, 0.25) is 0 Å². The van der Waals surface area contributed by atoms with Crippen LogP contribution in [0.1, 0.15) is 35.2 Å². The van der Waals surface area contributed by atoms with E-state index in [0.717, 1.165) is 29.7 Å². The third-order valence-electron chi connectivity index (χ3n) is 9.30. The number of benzene rings is 2. The highest BCUT2D eigenvalue weighted by Gasteiger charge is 2.28. The fourth-order valence-corrected chi connectivity index (χ4v) is 6.23. The molecule has 1 aliphatic carbocycles. The topological polar surface area (TPSA) is 136 Å². The quantitative estimate of drug-likeness (QED) is 0.141. The number of anilines is 2. The SMILES string of the molecule is COc1ccc(Cn2nc(NC3CCN(C(=O)C=CCN(C)C4CC4)C3)c3c(Oc4ccc(C(=O)Nc5cc(OC)ccn5)cc4)ccnc32)cc1. The summed E-state index contributed by atoms with van der Waals surface area (Å²) in [6.45, 7) is 2.45. The van der Waals surface area contributed by atoms with E-state index in [-0.39, 0.29) is 17.9 Å². The first kappa shape index (κ1) is 34.5. The number of pyridine rings is 2. The number of carbonyl (C=O) groups excluding carboxylic acids is 2. The molecule has 3 aromatic heterocycles. The zero-order chi connectivity index (χ0) is 36.0. The fourth-order valence-electron chi connectivity index (χ4n) is 6.23. The lowest BCUT2D eigenvalue weighted by Gasteiger charge is -2.16. The largest absolute Gasteiger partial charge is 0.497 e. The molecule has 1 saturated heterocycles. The summed E-state index contributed by atoms with van der Waals surface area (Å²) in [6, 6.07) is 20.5. The van der Waals surface area contributed by atoms with E-state index >= 15 is 0 Å². The van der Waals surface area contributed by atoms with E-state index in [1.165, 1.54) is 12.8 Å². The van der Waals surface area contributed by atoms with Gasteiger partial charge in [0.2, 0.25) is 5.91 Å². The van der Waals surface area contributed by atoms with Crippen molar-refractivity contribution in [1.82, 2.24) is 29.5 Å².